The average Bonchev–Trinajstić information content (AvgIpc) is 2.56. The van der Waals surface area contributed by atoms with Gasteiger partial charge in [0, 0.05) is 19.2 Å². The maximum absolute atomic E-state index is 12.2. The summed E-state index contributed by atoms with van der Waals surface area (Å²) in [5, 5.41) is 0.926. The molecule has 1 amide bonds. The second-order valence-electron chi connectivity index (χ2n) is 5.37. The molecule has 0 radical (unpaired) electrons. The van der Waals surface area contributed by atoms with Gasteiger partial charge in [-0.25, -0.2) is 0 Å². The second-order valence-corrected chi connectivity index (χ2v) is 6.19. The molecule has 2 rings (SSSR count). The first-order valence-electron chi connectivity index (χ1n) is 7.28. The van der Waals surface area contributed by atoms with Crippen molar-refractivity contribution < 1.29 is 14.3 Å². The first-order chi connectivity index (χ1) is 11.4. The minimum absolute atomic E-state index is 0.0523. The molecule has 0 saturated carbocycles. The fourth-order valence-electron chi connectivity index (χ4n) is 2.06. The Kier molecular flexibility index (Phi) is 6.23. The van der Waals surface area contributed by atoms with Crippen LogP contribution < -0.4 is 4.74 Å². The van der Waals surface area contributed by atoms with Crippen molar-refractivity contribution in [1.82, 2.24) is 4.90 Å². The largest absolute Gasteiger partial charge is 0.484 e. The van der Waals surface area contributed by atoms with E-state index in [1.165, 1.54) is 11.8 Å². The molecule has 4 nitrogen and oxygen atoms in total. The van der Waals surface area contributed by atoms with Crippen LogP contribution in [0.1, 0.15) is 22.8 Å². The lowest BCUT2D eigenvalue weighted by molar-refractivity contribution is -0.132. The third kappa shape index (κ3) is 4.98. The predicted octanol–water partition coefficient (Wildman–Crippen LogP) is 4.23. The summed E-state index contributed by atoms with van der Waals surface area (Å²) in [7, 11) is 1.68. The van der Waals surface area contributed by atoms with Gasteiger partial charge in [-0.05, 0) is 36.8 Å². The van der Waals surface area contributed by atoms with Crippen LogP contribution in [0, 0.1) is 0 Å². The quantitative estimate of drug-likeness (QED) is 0.719. The van der Waals surface area contributed by atoms with Gasteiger partial charge in [-0.3, -0.25) is 9.59 Å². The van der Waals surface area contributed by atoms with Gasteiger partial charge in [0.2, 0.25) is 0 Å². The molecular formula is C18H17Cl2NO3. The van der Waals surface area contributed by atoms with Crippen molar-refractivity contribution in [1.29, 1.82) is 0 Å². The number of ether oxygens (including phenoxy) is 1. The van der Waals surface area contributed by atoms with Crippen LogP contribution >= 0.6 is 23.2 Å². The molecule has 0 bridgehead atoms. The van der Waals surface area contributed by atoms with Crippen molar-refractivity contribution >= 4 is 34.9 Å². The highest BCUT2D eigenvalue weighted by Crippen LogP contribution is 2.23. The Hall–Kier alpha value is -2.04. The first kappa shape index (κ1) is 18.3. The molecule has 6 heteroatoms. The second kappa shape index (κ2) is 8.18. The number of hydrogen-bond acceptors (Lipinski definition) is 3. The van der Waals surface area contributed by atoms with Crippen molar-refractivity contribution in [3.63, 3.8) is 0 Å². The van der Waals surface area contributed by atoms with Gasteiger partial charge in [-0.1, -0.05) is 41.4 Å². The summed E-state index contributed by atoms with van der Waals surface area (Å²) in [6.07, 6.45) is 0. The van der Waals surface area contributed by atoms with E-state index in [-0.39, 0.29) is 18.3 Å². The number of nitrogens with zero attached hydrogens (tertiary/aromatic N) is 1. The van der Waals surface area contributed by atoms with Crippen molar-refractivity contribution in [3.8, 4) is 5.75 Å². The van der Waals surface area contributed by atoms with E-state index in [1.54, 1.807) is 43.4 Å². The molecule has 2 aromatic carbocycles. The first-order valence-corrected chi connectivity index (χ1v) is 8.04. The molecule has 0 N–H and O–H groups in total. The molecule has 24 heavy (non-hydrogen) atoms. The Balaban J connectivity index is 1.93. The number of carbonyl (C=O) groups is 2. The zero-order valence-electron chi connectivity index (χ0n) is 13.4. The molecule has 0 aliphatic heterocycles. The summed E-state index contributed by atoms with van der Waals surface area (Å²) in [6.45, 7) is 1.76. The summed E-state index contributed by atoms with van der Waals surface area (Å²) in [4.78, 5) is 25.1. The summed E-state index contributed by atoms with van der Waals surface area (Å²) >= 11 is 11.8. The lowest BCUT2D eigenvalue weighted by Crippen LogP contribution is -2.30. The summed E-state index contributed by atoms with van der Waals surface area (Å²) in [5.74, 6) is 0.247. The van der Waals surface area contributed by atoms with Gasteiger partial charge in [-0.2, -0.15) is 0 Å². The Bertz CT molecular complexity index is 762. The van der Waals surface area contributed by atoms with Crippen LogP contribution in [0.3, 0.4) is 0 Å². The number of rotatable bonds is 6. The third-order valence-corrected chi connectivity index (χ3v) is 4.17. The predicted molar refractivity (Wildman–Crippen MR) is 94.9 cm³/mol. The number of carbonyl (C=O) groups excluding carboxylic acids is 2. The van der Waals surface area contributed by atoms with Crippen LogP contribution in [-0.2, 0) is 11.3 Å². The fourth-order valence-corrected chi connectivity index (χ4v) is 2.38. The molecule has 0 aliphatic carbocycles. The smallest absolute Gasteiger partial charge is 0.260 e. The maximum atomic E-state index is 12.2. The van der Waals surface area contributed by atoms with Crippen LogP contribution in [0.15, 0.2) is 42.5 Å². The van der Waals surface area contributed by atoms with E-state index in [0.717, 1.165) is 5.56 Å². The van der Waals surface area contributed by atoms with E-state index in [1.807, 2.05) is 6.07 Å². The molecule has 2 aromatic rings. The van der Waals surface area contributed by atoms with E-state index >= 15 is 0 Å². The maximum Gasteiger partial charge on any atom is 0.260 e. The molecule has 0 spiro atoms. The van der Waals surface area contributed by atoms with Gasteiger partial charge in [0.05, 0.1) is 10.0 Å². The van der Waals surface area contributed by atoms with Gasteiger partial charge in [0.15, 0.2) is 12.4 Å². The molecule has 0 atom stereocenters. The number of likely N-dealkylation sites (N-methyl/N-ethyl adjacent to an activating group) is 1. The molecule has 0 fully saturated rings. The number of amides is 1. The van der Waals surface area contributed by atoms with E-state index in [2.05, 4.69) is 0 Å². The summed E-state index contributed by atoms with van der Waals surface area (Å²) < 4.78 is 5.47. The monoisotopic (exact) mass is 365 g/mol. The lowest BCUT2D eigenvalue weighted by Gasteiger charge is -2.18. The average molecular weight is 366 g/mol. The molecule has 0 heterocycles. The van der Waals surface area contributed by atoms with E-state index in [0.29, 0.717) is 27.9 Å². The van der Waals surface area contributed by atoms with Gasteiger partial charge in [0.1, 0.15) is 5.75 Å². The highest BCUT2D eigenvalue weighted by molar-refractivity contribution is 6.42. The van der Waals surface area contributed by atoms with Crippen LogP contribution in [0.2, 0.25) is 10.0 Å². The third-order valence-electron chi connectivity index (χ3n) is 3.43. The Labute approximate surface area is 150 Å². The highest BCUT2D eigenvalue weighted by atomic mass is 35.5. The Morgan fingerprint density at radius 3 is 2.50 bits per heavy atom. The minimum Gasteiger partial charge on any atom is -0.484 e. The normalized spacial score (nSPS) is 10.3. The number of halogens is 2. The van der Waals surface area contributed by atoms with Gasteiger partial charge >= 0.3 is 0 Å². The van der Waals surface area contributed by atoms with Crippen molar-refractivity contribution in [3.05, 3.63) is 63.6 Å². The SMILES string of the molecule is CC(=O)c1cccc(OCC(=O)N(C)Cc2ccc(Cl)c(Cl)c2)c1. The van der Waals surface area contributed by atoms with Crippen LogP contribution in [0.5, 0.6) is 5.75 Å². The number of ketones is 1. The molecule has 0 aliphatic rings. The van der Waals surface area contributed by atoms with Crippen LogP contribution in [0.25, 0.3) is 0 Å². The van der Waals surface area contributed by atoms with Gasteiger partial charge in [0.25, 0.3) is 5.91 Å². The molecule has 0 aromatic heterocycles. The number of benzene rings is 2. The molecular weight excluding hydrogens is 349 g/mol. The fraction of sp³-hybridized carbons (Fsp3) is 0.222. The summed E-state index contributed by atoms with van der Waals surface area (Å²) in [5.41, 5.74) is 1.42. The zero-order chi connectivity index (χ0) is 17.7. The Morgan fingerprint density at radius 1 is 1.08 bits per heavy atom. The van der Waals surface area contributed by atoms with Crippen molar-refractivity contribution in [2.45, 2.75) is 13.5 Å². The summed E-state index contributed by atoms with van der Waals surface area (Å²) in [6, 6.07) is 12.0. The van der Waals surface area contributed by atoms with E-state index in [4.69, 9.17) is 27.9 Å². The minimum atomic E-state index is -0.186. The molecule has 126 valence electrons. The highest BCUT2D eigenvalue weighted by Gasteiger charge is 2.11. The number of hydrogen-bond donors (Lipinski definition) is 0. The van der Waals surface area contributed by atoms with Crippen LogP contribution in [0.4, 0.5) is 0 Å². The van der Waals surface area contributed by atoms with E-state index < -0.39 is 0 Å². The van der Waals surface area contributed by atoms with Crippen molar-refractivity contribution in [2.24, 2.45) is 0 Å². The van der Waals surface area contributed by atoms with Crippen LogP contribution in [-0.4, -0.2) is 30.2 Å². The standard InChI is InChI=1S/C18H17Cl2NO3/c1-12(22)14-4-3-5-15(9-14)24-11-18(23)21(2)10-13-6-7-16(19)17(20)8-13/h3-9H,10-11H2,1-2H3. The van der Waals surface area contributed by atoms with E-state index in [9.17, 15) is 9.59 Å². The zero-order valence-corrected chi connectivity index (χ0v) is 14.9. The molecule has 0 saturated heterocycles. The van der Waals surface area contributed by atoms with Gasteiger partial charge < -0.3 is 9.64 Å². The lowest BCUT2D eigenvalue weighted by atomic mass is 10.1. The Morgan fingerprint density at radius 2 is 1.83 bits per heavy atom. The molecule has 0 unspecified atom stereocenters. The van der Waals surface area contributed by atoms with Gasteiger partial charge in [-0.15, -0.1) is 0 Å². The topological polar surface area (TPSA) is 46.6 Å². The number of Topliss-reactive ketones (excluding diaryl/α,β-unsaturated/α-hetero) is 1. The van der Waals surface area contributed by atoms with Crippen molar-refractivity contribution in [2.75, 3.05) is 13.7 Å².